The molecule has 0 aliphatic carbocycles. The minimum atomic E-state index is -0.575. The van der Waals surface area contributed by atoms with Crippen molar-refractivity contribution in [2.45, 2.75) is 12.5 Å². The number of hydrogen-bond donors (Lipinski definition) is 1. The van der Waals surface area contributed by atoms with Gasteiger partial charge in [0.05, 0.1) is 24.5 Å². The summed E-state index contributed by atoms with van der Waals surface area (Å²) < 4.78 is 18.8. The highest BCUT2D eigenvalue weighted by Gasteiger charge is 2.40. The van der Waals surface area contributed by atoms with Crippen molar-refractivity contribution in [3.05, 3.63) is 54.7 Å². The molecule has 3 aromatic heterocycles. The molecule has 1 atom stereocenters. The van der Waals surface area contributed by atoms with Gasteiger partial charge in [0.25, 0.3) is 0 Å². The zero-order valence-corrected chi connectivity index (χ0v) is 16.2. The molecule has 30 heavy (non-hydrogen) atoms. The number of hydrogen-bond acceptors (Lipinski definition) is 6. The number of urea groups is 1. The molecule has 0 radical (unpaired) electrons. The minimum Gasteiger partial charge on any atom is -0.497 e. The largest absolute Gasteiger partial charge is 0.497 e. The van der Waals surface area contributed by atoms with Gasteiger partial charge in [-0.3, -0.25) is 10.2 Å². The van der Waals surface area contributed by atoms with Gasteiger partial charge in [-0.1, -0.05) is 0 Å². The number of methoxy groups -OCH3 is 1. The molecule has 9 heteroatoms. The van der Waals surface area contributed by atoms with Gasteiger partial charge in [0.15, 0.2) is 5.82 Å². The number of amides is 2. The zero-order chi connectivity index (χ0) is 20.7. The molecule has 1 N–H and O–H groups in total. The number of ether oxygens (including phenoxy) is 1. The van der Waals surface area contributed by atoms with Gasteiger partial charge in [-0.2, -0.15) is 4.39 Å². The average Bonchev–Trinajstić information content (AvgIpc) is 3.18. The first-order chi connectivity index (χ1) is 14.6. The molecule has 0 unspecified atom stereocenters. The molecular weight excluding hydrogens is 387 g/mol. The van der Waals surface area contributed by atoms with Crippen molar-refractivity contribution >= 4 is 23.4 Å². The van der Waals surface area contributed by atoms with Crippen LogP contribution in [0.1, 0.15) is 6.42 Å². The van der Waals surface area contributed by atoms with Crippen molar-refractivity contribution < 1.29 is 13.9 Å². The number of halogens is 1. The topological polar surface area (TPSA) is 83.5 Å². The fourth-order valence-corrected chi connectivity index (χ4v) is 3.97. The SMILES string of the molecule is COc1ccnc(NC(=O)N2c3nc(-c4ccnc(F)c4)ccc3N3CC[C@H]2C3)c1. The van der Waals surface area contributed by atoms with E-state index in [2.05, 4.69) is 20.2 Å². The van der Waals surface area contributed by atoms with E-state index in [0.717, 1.165) is 25.2 Å². The van der Waals surface area contributed by atoms with Crippen molar-refractivity contribution in [3.63, 3.8) is 0 Å². The Morgan fingerprint density at radius 1 is 1.20 bits per heavy atom. The molecule has 1 saturated heterocycles. The van der Waals surface area contributed by atoms with Crippen LogP contribution >= 0.6 is 0 Å². The van der Waals surface area contributed by atoms with E-state index in [-0.39, 0.29) is 12.1 Å². The lowest BCUT2D eigenvalue weighted by Crippen LogP contribution is -2.48. The van der Waals surface area contributed by atoms with Gasteiger partial charge >= 0.3 is 6.03 Å². The summed E-state index contributed by atoms with van der Waals surface area (Å²) in [6.07, 6.45) is 3.82. The summed E-state index contributed by atoms with van der Waals surface area (Å²) in [5.74, 6) is 0.980. The molecule has 5 heterocycles. The summed E-state index contributed by atoms with van der Waals surface area (Å²) in [7, 11) is 1.56. The number of carbonyl (C=O) groups is 1. The Kier molecular flexibility index (Phi) is 4.42. The van der Waals surface area contributed by atoms with Crippen LogP contribution in [0.5, 0.6) is 5.75 Å². The number of fused-ring (bicyclic) bond motifs is 4. The summed E-state index contributed by atoms with van der Waals surface area (Å²) >= 11 is 0. The quantitative estimate of drug-likeness (QED) is 0.672. The summed E-state index contributed by atoms with van der Waals surface area (Å²) in [6, 6.07) is 9.86. The van der Waals surface area contributed by atoms with Gasteiger partial charge in [-0.25, -0.2) is 19.7 Å². The Balaban J connectivity index is 1.52. The average molecular weight is 406 g/mol. The molecule has 2 amide bonds. The molecule has 3 aromatic rings. The van der Waals surface area contributed by atoms with E-state index >= 15 is 0 Å². The molecule has 5 rings (SSSR count). The highest BCUT2D eigenvalue weighted by Crippen LogP contribution is 2.40. The van der Waals surface area contributed by atoms with Gasteiger partial charge in [0, 0.05) is 43.2 Å². The number of rotatable bonds is 3. The number of pyridine rings is 3. The van der Waals surface area contributed by atoms with Gasteiger partial charge in [0.1, 0.15) is 11.6 Å². The molecule has 1 fully saturated rings. The van der Waals surface area contributed by atoms with E-state index in [1.165, 1.54) is 12.3 Å². The van der Waals surface area contributed by atoms with Crippen LogP contribution in [0.15, 0.2) is 48.8 Å². The first-order valence-electron chi connectivity index (χ1n) is 9.60. The third kappa shape index (κ3) is 3.18. The van der Waals surface area contributed by atoms with Gasteiger partial charge in [-0.05, 0) is 30.7 Å². The van der Waals surface area contributed by atoms with Crippen molar-refractivity contribution in [2.24, 2.45) is 0 Å². The second kappa shape index (κ2) is 7.25. The van der Waals surface area contributed by atoms with Gasteiger partial charge < -0.3 is 9.64 Å². The highest BCUT2D eigenvalue weighted by molar-refractivity contribution is 6.04. The maximum atomic E-state index is 13.6. The molecule has 0 spiro atoms. The number of nitrogens with zero attached hydrogens (tertiary/aromatic N) is 5. The maximum absolute atomic E-state index is 13.6. The second-order valence-corrected chi connectivity index (χ2v) is 7.18. The molecule has 2 bridgehead atoms. The molecule has 2 aliphatic heterocycles. The van der Waals surface area contributed by atoms with Crippen LogP contribution in [0.3, 0.4) is 0 Å². The Bertz CT molecular complexity index is 1120. The summed E-state index contributed by atoms with van der Waals surface area (Å²) in [5.41, 5.74) is 2.07. The van der Waals surface area contributed by atoms with Crippen LogP contribution in [0.2, 0.25) is 0 Å². The van der Waals surface area contributed by atoms with Crippen LogP contribution in [-0.4, -0.2) is 47.2 Å². The van der Waals surface area contributed by atoms with Crippen molar-refractivity contribution in [1.29, 1.82) is 0 Å². The molecule has 2 aliphatic rings. The Labute approximate surface area is 172 Å². The second-order valence-electron chi connectivity index (χ2n) is 7.18. The third-order valence-electron chi connectivity index (χ3n) is 5.40. The minimum absolute atomic E-state index is 0.0000314. The Morgan fingerprint density at radius 3 is 2.90 bits per heavy atom. The summed E-state index contributed by atoms with van der Waals surface area (Å²) in [6.45, 7) is 1.60. The monoisotopic (exact) mass is 406 g/mol. The number of aromatic nitrogens is 3. The molecule has 152 valence electrons. The van der Waals surface area contributed by atoms with Crippen LogP contribution in [0, 0.1) is 5.95 Å². The summed E-state index contributed by atoms with van der Waals surface area (Å²) in [5, 5.41) is 2.85. The van der Waals surface area contributed by atoms with Gasteiger partial charge in [0.2, 0.25) is 5.95 Å². The lowest BCUT2D eigenvalue weighted by molar-refractivity contribution is 0.254. The normalized spacial score (nSPS) is 16.9. The standard InChI is InChI=1S/C21H19FN6O2/c1-30-15-5-8-24-19(11-15)26-21(29)28-14-6-9-27(12-14)17-3-2-16(25-20(17)28)13-4-7-23-18(22)10-13/h2-5,7-8,10-11,14H,6,9,12H2,1H3,(H,24,26,29)/t14-/m0/s1. The maximum Gasteiger partial charge on any atom is 0.329 e. The van der Waals surface area contributed by atoms with E-state index in [0.29, 0.717) is 28.6 Å². The van der Waals surface area contributed by atoms with Gasteiger partial charge in [-0.15, -0.1) is 0 Å². The first kappa shape index (κ1) is 18.3. The van der Waals surface area contributed by atoms with Crippen LogP contribution in [0.25, 0.3) is 11.3 Å². The van der Waals surface area contributed by atoms with Crippen molar-refractivity contribution in [2.75, 3.05) is 35.3 Å². The number of carbonyl (C=O) groups excluding carboxylic acids is 1. The Hall–Kier alpha value is -3.75. The highest BCUT2D eigenvalue weighted by atomic mass is 19.1. The summed E-state index contributed by atoms with van der Waals surface area (Å²) in [4.78, 5) is 29.6. The Morgan fingerprint density at radius 2 is 2.07 bits per heavy atom. The van der Waals surface area contributed by atoms with Crippen molar-refractivity contribution in [3.8, 4) is 17.0 Å². The fraction of sp³-hybridized carbons (Fsp3) is 0.238. The third-order valence-corrected chi connectivity index (χ3v) is 5.40. The molecule has 0 aromatic carbocycles. The molecular formula is C21H19FN6O2. The van der Waals surface area contributed by atoms with Crippen LogP contribution in [-0.2, 0) is 0 Å². The lowest BCUT2D eigenvalue weighted by Gasteiger charge is -2.35. The van der Waals surface area contributed by atoms with E-state index in [9.17, 15) is 9.18 Å². The van der Waals surface area contributed by atoms with Crippen LogP contribution in [0.4, 0.5) is 26.5 Å². The predicted molar refractivity (Wildman–Crippen MR) is 110 cm³/mol. The van der Waals surface area contributed by atoms with E-state index < -0.39 is 5.95 Å². The van der Waals surface area contributed by atoms with Crippen LogP contribution < -0.4 is 19.9 Å². The predicted octanol–water partition coefficient (Wildman–Crippen LogP) is 3.32. The number of anilines is 3. The first-order valence-corrected chi connectivity index (χ1v) is 9.60. The van der Waals surface area contributed by atoms with E-state index in [1.54, 1.807) is 36.4 Å². The fourth-order valence-electron chi connectivity index (χ4n) is 3.97. The zero-order valence-electron chi connectivity index (χ0n) is 16.2. The van der Waals surface area contributed by atoms with E-state index in [1.807, 2.05) is 12.1 Å². The molecule has 8 nitrogen and oxygen atoms in total. The lowest BCUT2D eigenvalue weighted by atomic mass is 10.1. The smallest absolute Gasteiger partial charge is 0.329 e. The number of nitrogens with one attached hydrogen (secondary N) is 1. The molecule has 0 saturated carbocycles. The van der Waals surface area contributed by atoms with E-state index in [4.69, 9.17) is 9.72 Å². The van der Waals surface area contributed by atoms with Crippen molar-refractivity contribution in [1.82, 2.24) is 15.0 Å².